The number of hydrogen-bond acceptors (Lipinski definition) is 6. The molecule has 0 fully saturated rings. The van der Waals surface area contributed by atoms with Crippen LogP contribution >= 0.6 is 0 Å². The molecule has 0 saturated carbocycles. The minimum atomic E-state index is -4.33. The van der Waals surface area contributed by atoms with Crippen molar-refractivity contribution in [2.24, 2.45) is 0 Å². The second kappa shape index (κ2) is 5.17. The van der Waals surface area contributed by atoms with Gasteiger partial charge in [-0.15, -0.1) is 0 Å². The van der Waals surface area contributed by atoms with Gasteiger partial charge >= 0.3 is 10.1 Å². The van der Waals surface area contributed by atoms with E-state index in [1.807, 2.05) is 0 Å². The summed E-state index contributed by atoms with van der Waals surface area (Å²) in [5.74, 6) is -0.0781. The predicted octanol–water partition coefficient (Wildman–Crippen LogP) is 1.94. The Hall–Kier alpha value is -2.61. The summed E-state index contributed by atoms with van der Waals surface area (Å²) in [4.78, 5) is 9.54. The van der Waals surface area contributed by atoms with E-state index in [1.165, 1.54) is 24.3 Å². The van der Waals surface area contributed by atoms with Crippen molar-refractivity contribution < 1.29 is 17.5 Å². The van der Waals surface area contributed by atoms with Gasteiger partial charge in [-0.3, -0.25) is 10.1 Å². The second-order valence-electron chi connectivity index (χ2n) is 3.80. The minimum absolute atomic E-state index is 0.0781. The third-order valence-corrected chi connectivity index (χ3v) is 3.73. The maximum atomic E-state index is 12.1. The SMILES string of the molecule is Nc1ccccc1OS(=O)(=O)c1ccccc1[N+](=O)[O-]. The second-order valence-corrected chi connectivity index (χ2v) is 5.31. The molecule has 2 aromatic carbocycles. The molecule has 104 valence electrons. The van der Waals surface area contributed by atoms with Crippen LogP contribution in [0.25, 0.3) is 0 Å². The lowest BCUT2D eigenvalue weighted by molar-refractivity contribution is -0.387. The molecule has 0 aliphatic rings. The van der Waals surface area contributed by atoms with E-state index in [0.29, 0.717) is 0 Å². The maximum absolute atomic E-state index is 12.1. The predicted molar refractivity (Wildman–Crippen MR) is 71.8 cm³/mol. The van der Waals surface area contributed by atoms with E-state index in [-0.39, 0.29) is 11.4 Å². The molecule has 8 heteroatoms. The molecule has 0 spiro atoms. The average molecular weight is 294 g/mol. The fourth-order valence-electron chi connectivity index (χ4n) is 1.54. The first-order valence-electron chi connectivity index (χ1n) is 5.44. The van der Waals surface area contributed by atoms with Crippen molar-refractivity contribution in [2.45, 2.75) is 4.90 Å². The Balaban J connectivity index is 2.47. The average Bonchev–Trinajstić information content (AvgIpc) is 2.41. The lowest BCUT2D eigenvalue weighted by Gasteiger charge is -2.08. The van der Waals surface area contributed by atoms with Gasteiger partial charge in [0.1, 0.15) is 0 Å². The van der Waals surface area contributed by atoms with Crippen LogP contribution in [0.3, 0.4) is 0 Å². The third-order valence-electron chi connectivity index (χ3n) is 2.45. The molecule has 20 heavy (non-hydrogen) atoms. The van der Waals surface area contributed by atoms with Gasteiger partial charge in [-0.05, 0) is 18.2 Å². The van der Waals surface area contributed by atoms with E-state index in [0.717, 1.165) is 12.1 Å². The number of hydrogen-bond donors (Lipinski definition) is 1. The number of nitrogen functional groups attached to an aromatic ring is 1. The number of anilines is 1. The van der Waals surface area contributed by atoms with Crippen molar-refractivity contribution in [3.63, 3.8) is 0 Å². The number of para-hydroxylation sites is 3. The first-order chi connectivity index (χ1) is 9.42. The van der Waals surface area contributed by atoms with E-state index >= 15 is 0 Å². The maximum Gasteiger partial charge on any atom is 0.346 e. The van der Waals surface area contributed by atoms with Crippen molar-refractivity contribution in [1.82, 2.24) is 0 Å². The molecule has 0 radical (unpaired) electrons. The highest BCUT2D eigenvalue weighted by Gasteiger charge is 2.27. The molecule has 0 amide bonds. The van der Waals surface area contributed by atoms with Gasteiger partial charge in [0.2, 0.25) is 0 Å². The van der Waals surface area contributed by atoms with Gasteiger partial charge in [0.05, 0.1) is 10.6 Å². The van der Waals surface area contributed by atoms with Crippen molar-refractivity contribution in [1.29, 1.82) is 0 Å². The summed E-state index contributed by atoms with van der Waals surface area (Å²) in [6, 6.07) is 10.9. The van der Waals surface area contributed by atoms with Crippen LogP contribution in [-0.2, 0) is 10.1 Å². The van der Waals surface area contributed by atoms with Crippen LogP contribution in [0, 0.1) is 10.1 Å². The number of nitro benzene ring substituents is 1. The molecule has 0 heterocycles. The van der Waals surface area contributed by atoms with Gasteiger partial charge in [-0.25, -0.2) is 0 Å². The number of benzene rings is 2. The van der Waals surface area contributed by atoms with Crippen molar-refractivity contribution in [3.05, 3.63) is 58.6 Å². The lowest BCUT2D eigenvalue weighted by Crippen LogP contribution is -2.12. The minimum Gasteiger partial charge on any atom is -0.396 e. The third kappa shape index (κ3) is 2.69. The van der Waals surface area contributed by atoms with Gasteiger partial charge in [-0.2, -0.15) is 8.42 Å². The number of nitro groups is 1. The topological polar surface area (TPSA) is 113 Å². The molecular formula is C12H10N2O5S. The standard InChI is InChI=1S/C12H10N2O5S/c13-9-5-1-3-7-11(9)19-20(17,18)12-8-4-2-6-10(12)14(15)16/h1-8H,13H2. The van der Waals surface area contributed by atoms with E-state index in [4.69, 9.17) is 9.92 Å². The summed E-state index contributed by atoms with van der Waals surface area (Å²) in [6.07, 6.45) is 0. The fourth-order valence-corrected chi connectivity index (χ4v) is 2.66. The van der Waals surface area contributed by atoms with Gasteiger partial charge < -0.3 is 9.92 Å². The van der Waals surface area contributed by atoms with Gasteiger partial charge in [-0.1, -0.05) is 24.3 Å². The van der Waals surface area contributed by atoms with Crippen LogP contribution in [0.1, 0.15) is 0 Å². The zero-order valence-electron chi connectivity index (χ0n) is 10.1. The summed E-state index contributed by atoms with van der Waals surface area (Å²) >= 11 is 0. The van der Waals surface area contributed by atoms with Gasteiger partial charge in [0.25, 0.3) is 5.69 Å². The molecule has 7 nitrogen and oxygen atoms in total. The zero-order valence-corrected chi connectivity index (χ0v) is 10.9. The molecule has 0 aliphatic heterocycles. The Labute approximate surface area is 114 Å². The monoisotopic (exact) mass is 294 g/mol. The van der Waals surface area contributed by atoms with Crippen LogP contribution in [-0.4, -0.2) is 13.3 Å². The first-order valence-corrected chi connectivity index (χ1v) is 6.85. The highest BCUT2D eigenvalue weighted by Crippen LogP contribution is 2.28. The molecule has 0 aliphatic carbocycles. The summed E-state index contributed by atoms with van der Waals surface area (Å²) in [6.45, 7) is 0. The van der Waals surface area contributed by atoms with Crippen LogP contribution in [0.2, 0.25) is 0 Å². The Morgan fingerprint density at radius 3 is 2.30 bits per heavy atom. The molecule has 0 unspecified atom stereocenters. The van der Waals surface area contributed by atoms with E-state index < -0.39 is 25.6 Å². The summed E-state index contributed by atoms with van der Waals surface area (Å²) in [5, 5.41) is 10.8. The zero-order chi connectivity index (χ0) is 14.8. The molecule has 2 rings (SSSR count). The Kier molecular flexibility index (Phi) is 3.57. The molecule has 0 saturated heterocycles. The first kappa shape index (κ1) is 13.8. The van der Waals surface area contributed by atoms with E-state index in [2.05, 4.69) is 0 Å². The largest absolute Gasteiger partial charge is 0.396 e. The summed E-state index contributed by atoms with van der Waals surface area (Å²) in [7, 11) is -4.33. The number of nitrogens with zero attached hydrogens (tertiary/aromatic N) is 1. The van der Waals surface area contributed by atoms with E-state index in [9.17, 15) is 18.5 Å². The summed E-state index contributed by atoms with van der Waals surface area (Å²) in [5.41, 5.74) is 5.15. The molecular weight excluding hydrogens is 284 g/mol. The lowest BCUT2D eigenvalue weighted by atomic mass is 10.3. The normalized spacial score (nSPS) is 11.0. The van der Waals surface area contributed by atoms with Crippen LogP contribution < -0.4 is 9.92 Å². The molecule has 2 aromatic rings. The molecule has 2 N–H and O–H groups in total. The van der Waals surface area contributed by atoms with Crippen LogP contribution in [0.4, 0.5) is 11.4 Å². The highest BCUT2D eigenvalue weighted by atomic mass is 32.2. The number of rotatable bonds is 4. The van der Waals surface area contributed by atoms with Crippen molar-refractivity contribution in [3.8, 4) is 5.75 Å². The Morgan fingerprint density at radius 2 is 1.65 bits per heavy atom. The molecule has 0 bridgehead atoms. The fraction of sp³-hybridized carbons (Fsp3) is 0. The smallest absolute Gasteiger partial charge is 0.346 e. The van der Waals surface area contributed by atoms with Crippen LogP contribution in [0.5, 0.6) is 5.75 Å². The van der Waals surface area contributed by atoms with Gasteiger partial charge in [0.15, 0.2) is 10.6 Å². The number of nitrogens with two attached hydrogens (primary N) is 1. The van der Waals surface area contributed by atoms with Crippen LogP contribution in [0.15, 0.2) is 53.4 Å². The molecule has 0 aromatic heterocycles. The van der Waals surface area contributed by atoms with Crippen molar-refractivity contribution >= 4 is 21.5 Å². The molecule has 0 atom stereocenters. The summed E-state index contributed by atoms with van der Waals surface area (Å²) < 4.78 is 29.0. The highest BCUT2D eigenvalue weighted by molar-refractivity contribution is 7.87. The Bertz CT molecular complexity index is 758. The van der Waals surface area contributed by atoms with E-state index in [1.54, 1.807) is 12.1 Å². The van der Waals surface area contributed by atoms with Gasteiger partial charge in [0, 0.05) is 6.07 Å². The quantitative estimate of drug-likeness (QED) is 0.399. The Morgan fingerprint density at radius 1 is 1.05 bits per heavy atom. The van der Waals surface area contributed by atoms with Crippen molar-refractivity contribution in [2.75, 3.05) is 5.73 Å².